The van der Waals surface area contributed by atoms with Gasteiger partial charge in [-0.1, -0.05) is 6.54 Å². The lowest BCUT2D eigenvalue weighted by Crippen LogP contribution is -2.18. The van der Waals surface area contributed by atoms with Gasteiger partial charge >= 0.3 is 0 Å². The van der Waals surface area contributed by atoms with Crippen LogP contribution in [0.1, 0.15) is 0 Å². The lowest BCUT2D eigenvalue weighted by atomic mass is 10.5. The standard InChI is InChI=1S/C6H9N4/c7-1-3-9-5-6-10-4-2-8/h9H,3-6H2/q-1. The van der Waals surface area contributed by atoms with Gasteiger partial charge in [0.05, 0.1) is 12.6 Å². The molecule has 0 aliphatic carbocycles. The second-order valence-corrected chi connectivity index (χ2v) is 1.60. The molecule has 0 spiro atoms. The molecule has 0 heterocycles. The van der Waals surface area contributed by atoms with Crippen LogP contribution in [-0.4, -0.2) is 26.2 Å². The zero-order valence-corrected chi connectivity index (χ0v) is 5.67. The third kappa shape index (κ3) is 6.90. The molecule has 0 atom stereocenters. The molecule has 1 N–H and O–H groups in total. The van der Waals surface area contributed by atoms with Crippen molar-refractivity contribution in [3.05, 3.63) is 5.32 Å². The van der Waals surface area contributed by atoms with E-state index in [4.69, 9.17) is 10.5 Å². The molecule has 0 aliphatic heterocycles. The molecule has 0 aromatic carbocycles. The summed E-state index contributed by atoms with van der Waals surface area (Å²) in [6.45, 7) is 1.88. The van der Waals surface area contributed by atoms with Gasteiger partial charge in [-0.2, -0.15) is 5.26 Å². The normalized spacial score (nSPS) is 8.20. The van der Waals surface area contributed by atoms with E-state index >= 15 is 0 Å². The first-order valence-electron chi connectivity index (χ1n) is 2.99. The predicted octanol–water partition coefficient (Wildman–Crippen LogP) is -0.00314. The molecule has 0 aliphatic rings. The quantitative estimate of drug-likeness (QED) is 0.428. The van der Waals surface area contributed by atoms with Gasteiger partial charge in [0.1, 0.15) is 0 Å². The zero-order chi connectivity index (χ0) is 7.66. The highest BCUT2D eigenvalue weighted by Gasteiger charge is 1.75. The second-order valence-electron chi connectivity index (χ2n) is 1.60. The molecule has 0 unspecified atom stereocenters. The van der Waals surface area contributed by atoms with Crippen LogP contribution in [-0.2, 0) is 0 Å². The van der Waals surface area contributed by atoms with Crippen LogP contribution < -0.4 is 5.32 Å². The minimum Gasteiger partial charge on any atom is -0.649 e. The number of hydrogen-bond donors (Lipinski definition) is 1. The number of hydrogen-bond acceptors (Lipinski definition) is 3. The lowest BCUT2D eigenvalue weighted by molar-refractivity contribution is 0.779. The van der Waals surface area contributed by atoms with Crippen molar-refractivity contribution in [3.63, 3.8) is 0 Å². The first-order valence-corrected chi connectivity index (χ1v) is 2.99. The van der Waals surface area contributed by atoms with Crippen LogP contribution in [0.5, 0.6) is 0 Å². The van der Waals surface area contributed by atoms with E-state index in [0.29, 0.717) is 19.6 Å². The Kier molecular flexibility index (Phi) is 7.03. The average Bonchev–Trinajstić information content (AvgIpc) is 1.97. The Bertz CT molecular complexity index is 123. The average molecular weight is 137 g/mol. The molecule has 10 heavy (non-hydrogen) atoms. The first-order chi connectivity index (χ1) is 4.91. The van der Waals surface area contributed by atoms with Crippen molar-refractivity contribution < 1.29 is 0 Å². The number of nitrogens with one attached hydrogen (secondary N) is 1. The van der Waals surface area contributed by atoms with Gasteiger partial charge in [0.2, 0.25) is 0 Å². The minimum absolute atomic E-state index is 0.244. The summed E-state index contributed by atoms with van der Waals surface area (Å²) in [5.74, 6) is 0. The summed E-state index contributed by atoms with van der Waals surface area (Å²) in [5.41, 5.74) is 0. The predicted molar refractivity (Wildman–Crippen MR) is 37.2 cm³/mol. The van der Waals surface area contributed by atoms with Gasteiger partial charge in [0, 0.05) is 6.07 Å². The molecule has 0 saturated carbocycles. The third-order valence-electron chi connectivity index (χ3n) is 0.833. The molecule has 0 rings (SSSR count). The first kappa shape index (κ1) is 8.90. The topological polar surface area (TPSA) is 73.7 Å². The summed E-state index contributed by atoms with van der Waals surface area (Å²) in [4.78, 5) is 0. The van der Waals surface area contributed by atoms with Crippen LogP contribution in [0.4, 0.5) is 0 Å². The summed E-state index contributed by atoms with van der Waals surface area (Å²) in [6.07, 6.45) is 0. The highest BCUT2D eigenvalue weighted by molar-refractivity contribution is 4.92. The maximum Gasteiger partial charge on any atom is 0.0840 e. The molecule has 0 radical (unpaired) electrons. The lowest BCUT2D eigenvalue weighted by Gasteiger charge is -2.12. The Hall–Kier alpha value is -1.10. The second kappa shape index (κ2) is 7.90. The van der Waals surface area contributed by atoms with Gasteiger partial charge < -0.3 is 10.6 Å². The third-order valence-corrected chi connectivity index (χ3v) is 0.833. The molecular weight excluding hydrogens is 128 g/mol. The van der Waals surface area contributed by atoms with Gasteiger partial charge in [0.15, 0.2) is 0 Å². The van der Waals surface area contributed by atoms with Gasteiger partial charge in [-0.15, -0.1) is 6.54 Å². The van der Waals surface area contributed by atoms with Crippen LogP contribution >= 0.6 is 0 Å². The van der Waals surface area contributed by atoms with E-state index in [1.54, 1.807) is 0 Å². The number of nitriles is 2. The van der Waals surface area contributed by atoms with Crippen molar-refractivity contribution >= 4 is 0 Å². The van der Waals surface area contributed by atoms with E-state index in [1.165, 1.54) is 0 Å². The van der Waals surface area contributed by atoms with Crippen molar-refractivity contribution in [3.8, 4) is 12.1 Å². The zero-order valence-electron chi connectivity index (χ0n) is 5.67. The van der Waals surface area contributed by atoms with Crippen LogP contribution in [0.25, 0.3) is 5.32 Å². The largest absolute Gasteiger partial charge is 0.649 e. The van der Waals surface area contributed by atoms with Crippen molar-refractivity contribution in [2.45, 2.75) is 0 Å². The SMILES string of the molecule is N#CC[N-]CCNCC#N. The van der Waals surface area contributed by atoms with E-state index in [9.17, 15) is 0 Å². The van der Waals surface area contributed by atoms with Gasteiger partial charge in [0.25, 0.3) is 0 Å². The van der Waals surface area contributed by atoms with E-state index in [1.807, 2.05) is 12.1 Å². The monoisotopic (exact) mass is 137 g/mol. The fourth-order valence-electron chi connectivity index (χ4n) is 0.431. The molecule has 0 saturated heterocycles. The van der Waals surface area contributed by atoms with E-state index < -0.39 is 0 Å². The van der Waals surface area contributed by atoms with Crippen LogP contribution in [0.15, 0.2) is 0 Å². The van der Waals surface area contributed by atoms with Crippen molar-refractivity contribution in [1.82, 2.24) is 5.32 Å². The molecule has 4 nitrogen and oxygen atoms in total. The number of nitrogens with zero attached hydrogens (tertiary/aromatic N) is 3. The van der Waals surface area contributed by atoms with Gasteiger partial charge in [-0.3, -0.25) is 0 Å². The van der Waals surface area contributed by atoms with E-state index in [-0.39, 0.29) is 6.54 Å². The summed E-state index contributed by atoms with van der Waals surface area (Å²) in [7, 11) is 0. The smallest absolute Gasteiger partial charge is 0.0840 e. The van der Waals surface area contributed by atoms with Gasteiger partial charge in [-0.25, -0.2) is 5.26 Å². The van der Waals surface area contributed by atoms with Crippen molar-refractivity contribution in [1.29, 1.82) is 10.5 Å². The molecule has 0 amide bonds. The summed E-state index contributed by atoms with van der Waals surface area (Å²) < 4.78 is 0. The van der Waals surface area contributed by atoms with Crippen LogP contribution in [0, 0.1) is 22.7 Å². The Morgan fingerprint density at radius 1 is 1.30 bits per heavy atom. The molecule has 0 aromatic heterocycles. The van der Waals surface area contributed by atoms with Crippen LogP contribution in [0.2, 0.25) is 0 Å². The molecule has 0 fully saturated rings. The molecule has 0 bridgehead atoms. The highest BCUT2D eigenvalue weighted by Crippen LogP contribution is 1.79. The maximum absolute atomic E-state index is 8.07. The summed E-state index contributed by atoms with van der Waals surface area (Å²) >= 11 is 0. The Labute approximate surface area is 60.4 Å². The Morgan fingerprint density at radius 3 is 2.70 bits per heavy atom. The maximum atomic E-state index is 8.07. The molecular formula is C6H9N4-. The van der Waals surface area contributed by atoms with Crippen molar-refractivity contribution in [2.75, 3.05) is 26.2 Å². The van der Waals surface area contributed by atoms with Crippen LogP contribution in [0.3, 0.4) is 0 Å². The fraction of sp³-hybridized carbons (Fsp3) is 0.667. The van der Waals surface area contributed by atoms with Gasteiger partial charge in [-0.05, 0) is 6.54 Å². The Balaban J connectivity index is 2.80. The van der Waals surface area contributed by atoms with Crippen molar-refractivity contribution in [2.24, 2.45) is 0 Å². The molecule has 0 aromatic rings. The summed E-state index contributed by atoms with van der Waals surface area (Å²) in [5, 5.41) is 22.8. The minimum atomic E-state index is 0.244. The van der Waals surface area contributed by atoms with E-state index in [0.717, 1.165) is 0 Å². The number of rotatable bonds is 5. The summed E-state index contributed by atoms with van der Waals surface area (Å²) in [6, 6.07) is 3.84. The molecule has 4 heteroatoms. The Morgan fingerprint density at radius 2 is 2.10 bits per heavy atom. The van der Waals surface area contributed by atoms with E-state index in [2.05, 4.69) is 10.6 Å². The molecule has 54 valence electrons. The fourth-order valence-corrected chi connectivity index (χ4v) is 0.431. The highest BCUT2D eigenvalue weighted by atomic mass is 14.9.